The predicted octanol–water partition coefficient (Wildman–Crippen LogP) is 4.94. The van der Waals surface area contributed by atoms with Crippen LogP contribution in [-0.4, -0.2) is 42.5 Å². The molecule has 4 rings (SSSR count). The van der Waals surface area contributed by atoms with E-state index < -0.39 is 5.97 Å². The summed E-state index contributed by atoms with van der Waals surface area (Å²) < 4.78 is 0.874. The number of aliphatic carboxylic acids is 1. The van der Waals surface area contributed by atoms with Gasteiger partial charge in [-0.3, -0.25) is 9.59 Å². The highest BCUT2D eigenvalue weighted by atomic mass is 79.9. The molecule has 3 aromatic rings. The van der Waals surface area contributed by atoms with Crippen molar-refractivity contribution in [2.75, 3.05) is 36.6 Å². The van der Waals surface area contributed by atoms with Crippen LogP contribution >= 0.6 is 15.9 Å². The predicted molar refractivity (Wildman–Crippen MR) is 140 cm³/mol. The number of anilines is 3. The molecule has 3 aromatic carbocycles. The summed E-state index contributed by atoms with van der Waals surface area (Å²) in [5.41, 5.74) is 6.11. The summed E-state index contributed by atoms with van der Waals surface area (Å²) in [4.78, 5) is 26.2. The van der Waals surface area contributed by atoms with E-state index >= 15 is 0 Å². The number of hydrogen-bond donors (Lipinski definition) is 4. The second kappa shape index (κ2) is 10.1. The molecule has 0 saturated carbocycles. The van der Waals surface area contributed by atoms with E-state index in [0.29, 0.717) is 17.0 Å². The van der Waals surface area contributed by atoms with Gasteiger partial charge in [-0.25, -0.2) is 0 Å². The van der Waals surface area contributed by atoms with Gasteiger partial charge in [-0.15, -0.1) is 0 Å². The van der Waals surface area contributed by atoms with E-state index in [2.05, 4.69) is 48.9 Å². The molecule has 0 radical (unpaired) electrons. The number of carbonyl (C=O) groups is 2. The maximum atomic E-state index is 13.1. The van der Waals surface area contributed by atoms with Gasteiger partial charge in [0.05, 0.1) is 17.0 Å². The van der Waals surface area contributed by atoms with Gasteiger partial charge in [0.15, 0.2) is 0 Å². The minimum Gasteiger partial charge on any atom is -0.480 e. The average Bonchev–Trinajstić information content (AvgIpc) is 3.11. The lowest BCUT2D eigenvalue weighted by molar-refractivity contribution is -0.134. The third-order valence-corrected chi connectivity index (χ3v) is 5.79. The maximum Gasteiger partial charge on any atom is 0.322 e. The molecule has 0 unspecified atom stereocenters. The van der Waals surface area contributed by atoms with Crippen LogP contribution in [0.5, 0.6) is 0 Å². The van der Waals surface area contributed by atoms with Crippen molar-refractivity contribution in [3.05, 3.63) is 87.9 Å². The van der Waals surface area contributed by atoms with E-state index in [1.165, 1.54) is 5.56 Å². The summed E-state index contributed by atoms with van der Waals surface area (Å²) in [7, 11) is 4.04. The normalized spacial score (nSPS) is 13.9. The van der Waals surface area contributed by atoms with Crippen LogP contribution in [0, 0.1) is 0 Å². The summed E-state index contributed by atoms with van der Waals surface area (Å²) in [6.07, 6.45) is 0. The Morgan fingerprint density at radius 1 is 1.03 bits per heavy atom. The van der Waals surface area contributed by atoms with Crippen LogP contribution in [0.3, 0.4) is 0 Å². The zero-order chi connectivity index (χ0) is 24.2. The Bertz CT molecular complexity index is 1270. The van der Waals surface area contributed by atoms with Gasteiger partial charge in [0.2, 0.25) is 0 Å². The van der Waals surface area contributed by atoms with Crippen LogP contribution in [0.15, 0.2) is 71.2 Å². The molecule has 0 aromatic heterocycles. The van der Waals surface area contributed by atoms with Crippen LogP contribution in [0.4, 0.5) is 17.1 Å². The Kier molecular flexibility index (Phi) is 7.00. The second-order valence-electron chi connectivity index (χ2n) is 8.28. The molecule has 1 aliphatic rings. The van der Waals surface area contributed by atoms with Gasteiger partial charge in [-0.2, -0.15) is 0 Å². The van der Waals surface area contributed by atoms with Crippen LogP contribution in [0.25, 0.3) is 11.3 Å². The molecule has 4 N–H and O–H groups in total. The highest BCUT2D eigenvalue weighted by Crippen LogP contribution is 2.39. The number of carboxylic acid groups (broad SMARTS) is 1. The number of carboxylic acids is 1. The fourth-order valence-corrected chi connectivity index (χ4v) is 4.20. The van der Waals surface area contributed by atoms with Crippen molar-refractivity contribution in [3.63, 3.8) is 0 Å². The van der Waals surface area contributed by atoms with Crippen molar-refractivity contribution in [2.45, 2.75) is 6.54 Å². The van der Waals surface area contributed by atoms with Gasteiger partial charge in [0.25, 0.3) is 5.91 Å². The molecule has 7 nitrogen and oxygen atoms in total. The number of amides is 1. The number of carbonyl (C=O) groups excluding carboxylic acids is 1. The summed E-state index contributed by atoms with van der Waals surface area (Å²) in [6, 6.07) is 21.1. The fourth-order valence-electron chi connectivity index (χ4n) is 3.84. The molecule has 0 bridgehead atoms. The van der Waals surface area contributed by atoms with Crippen molar-refractivity contribution >= 4 is 56.1 Å². The summed E-state index contributed by atoms with van der Waals surface area (Å²) in [6.45, 7) is 0.629. The smallest absolute Gasteiger partial charge is 0.322 e. The van der Waals surface area contributed by atoms with Gasteiger partial charge in [-0.1, -0.05) is 46.3 Å². The third-order valence-electron chi connectivity index (χ3n) is 5.29. The molecule has 1 amide bonds. The first-order valence-corrected chi connectivity index (χ1v) is 11.5. The molecule has 0 atom stereocenters. The first-order chi connectivity index (χ1) is 16.3. The van der Waals surface area contributed by atoms with Crippen molar-refractivity contribution < 1.29 is 14.7 Å². The highest BCUT2D eigenvalue weighted by molar-refractivity contribution is 9.10. The average molecular weight is 521 g/mol. The maximum absolute atomic E-state index is 13.1. The van der Waals surface area contributed by atoms with Crippen LogP contribution in [0.2, 0.25) is 0 Å². The van der Waals surface area contributed by atoms with Crippen LogP contribution < -0.4 is 16.0 Å². The fraction of sp³-hybridized carbons (Fsp3) is 0.154. The summed E-state index contributed by atoms with van der Waals surface area (Å²) in [5.74, 6) is -1.15. The SMILES string of the molecule is CN(C)Cc1ccc(N/C(=C2\C(=O)Nc3cc(Br)ccc32)c2cccc(NCC(=O)O)c2)cc1. The number of halogens is 1. The lowest BCUT2D eigenvalue weighted by Gasteiger charge is -2.17. The third kappa shape index (κ3) is 5.47. The van der Waals surface area contributed by atoms with Crippen LogP contribution in [0.1, 0.15) is 16.7 Å². The molecular formula is C26H25BrN4O3. The van der Waals surface area contributed by atoms with E-state index in [0.717, 1.165) is 33.5 Å². The molecule has 0 spiro atoms. The van der Waals surface area contributed by atoms with Crippen molar-refractivity contribution in [1.82, 2.24) is 4.90 Å². The molecule has 1 aliphatic heterocycles. The quantitative estimate of drug-likeness (QED) is 0.314. The van der Waals surface area contributed by atoms with Crippen LogP contribution in [-0.2, 0) is 16.1 Å². The molecule has 1 heterocycles. The van der Waals surface area contributed by atoms with E-state index in [-0.39, 0.29) is 12.5 Å². The summed E-state index contributed by atoms with van der Waals surface area (Å²) in [5, 5.41) is 18.3. The number of benzene rings is 3. The zero-order valence-electron chi connectivity index (χ0n) is 18.9. The topological polar surface area (TPSA) is 93.7 Å². The highest BCUT2D eigenvalue weighted by Gasteiger charge is 2.28. The van der Waals surface area contributed by atoms with Gasteiger partial charge in [0.1, 0.15) is 6.54 Å². The minimum absolute atomic E-state index is 0.201. The molecule has 0 aliphatic carbocycles. The van der Waals surface area contributed by atoms with E-state index in [9.17, 15) is 9.59 Å². The lowest BCUT2D eigenvalue weighted by atomic mass is 9.99. The monoisotopic (exact) mass is 520 g/mol. The number of fused-ring (bicyclic) bond motifs is 1. The molecule has 34 heavy (non-hydrogen) atoms. The van der Waals surface area contributed by atoms with E-state index in [1.54, 1.807) is 6.07 Å². The Morgan fingerprint density at radius 2 is 1.79 bits per heavy atom. The number of nitrogens with zero attached hydrogens (tertiary/aromatic N) is 1. The van der Waals surface area contributed by atoms with Gasteiger partial charge in [-0.05, 0) is 56.1 Å². The summed E-state index contributed by atoms with van der Waals surface area (Å²) >= 11 is 3.46. The Morgan fingerprint density at radius 3 is 2.50 bits per heavy atom. The van der Waals surface area contributed by atoms with Crippen molar-refractivity contribution in [3.8, 4) is 0 Å². The minimum atomic E-state index is -0.949. The largest absolute Gasteiger partial charge is 0.480 e. The molecular weight excluding hydrogens is 496 g/mol. The van der Waals surface area contributed by atoms with E-state index in [1.807, 2.05) is 62.6 Å². The number of hydrogen-bond acceptors (Lipinski definition) is 5. The van der Waals surface area contributed by atoms with Crippen molar-refractivity contribution in [1.29, 1.82) is 0 Å². The Balaban J connectivity index is 1.78. The number of nitrogens with one attached hydrogen (secondary N) is 3. The van der Waals surface area contributed by atoms with Gasteiger partial charge < -0.3 is 26.0 Å². The first-order valence-electron chi connectivity index (χ1n) is 10.7. The Labute approximate surface area is 206 Å². The van der Waals surface area contributed by atoms with E-state index in [4.69, 9.17) is 5.11 Å². The zero-order valence-corrected chi connectivity index (χ0v) is 20.4. The standard InChI is InChI=1S/C26H25BrN4O3/c1-31(2)15-16-6-9-19(10-7-16)29-25(17-4-3-5-20(12-17)28-14-23(32)33)24-21-11-8-18(27)13-22(21)30-26(24)34/h3-13,28-29H,14-15H2,1-2H3,(H,30,34)(H,32,33)/b25-24-. The van der Waals surface area contributed by atoms with Gasteiger partial charge in [0, 0.05) is 33.5 Å². The molecule has 0 saturated heterocycles. The first kappa shape index (κ1) is 23.5. The lowest BCUT2D eigenvalue weighted by Crippen LogP contribution is -2.13. The van der Waals surface area contributed by atoms with Crippen molar-refractivity contribution in [2.24, 2.45) is 0 Å². The molecule has 8 heteroatoms. The molecule has 0 fully saturated rings. The second-order valence-corrected chi connectivity index (χ2v) is 9.20. The number of rotatable bonds is 8. The van der Waals surface area contributed by atoms with Gasteiger partial charge >= 0.3 is 5.97 Å². The Hall–Kier alpha value is -3.62. The molecule has 174 valence electrons.